The SMILES string of the molecule is Cc1c(NC(=O)C2C3CCCC32)ccc(F)c1CN1CCN(C(=O)C2CCCC2)[C@@H](C)C1. The van der Waals surface area contributed by atoms with E-state index in [2.05, 4.69) is 17.1 Å². The van der Waals surface area contributed by atoms with E-state index in [4.69, 9.17) is 0 Å². The minimum absolute atomic E-state index is 0.105. The van der Waals surface area contributed by atoms with Crippen LogP contribution in [0.4, 0.5) is 10.1 Å². The van der Waals surface area contributed by atoms with Crippen molar-refractivity contribution < 1.29 is 14.0 Å². The number of nitrogens with zero attached hydrogens (tertiary/aromatic N) is 2. The van der Waals surface area contributed by atoms with Gasteiger partial charge in [-0.05, 0) is 69.1 Å². The van der Waals surface area contributed by atoms with Crippen LogP contribution in [0.1, 0.15) is 63.0 Å². The molecular formula is C26H36FN3O2. The molecule has 1 aromatic rings. The van der Waals surface area contributed by atoms with E-state index in [1.54, 1.807) is 6.07 Å². The lowest BCUT2D eigenvalue weighted by atomic mass is 10.0. The molecule has 4 fully saturated rings. The average Bonchev–Trinajstić information content (AvgIpc) is 3.16. The Kier molecular flexibility index (Phi) is 5.99. The van der Waals surface area contributed by atoms with Crippen molar-refractivity contribution in [3.63, 3.8) is 0 Å². The molecule has 3 saturated carbocycles. The first-order valence-electron chi connectivity index (χ1n) is 12.6. The minimum atomic E-state index is -0.221. The van der Waals surface area contributed by atoms with Crippen LogP contribution in [0.5, 0.6) is 0 Å². The third kappa shape index (κ3) is 4.07. The van der Waals surface area contributed by atoms with Crippen molar-refractivity contribution >= 4 is 17.5 Å². The molecule has 1 aromatic carbocycles. The number of hydrogen-bond acceptors (Lipinski definition) is 3. The molecule has 3 aliphatic carbocycles. The van der Waals surface area contributed by atoms with E-state index in [0.717, 1.165) is 50.0 Å². The van der Waals surface area contributed by atoms with Crippen molar-refractivity contribution in [2.75, 3.05) is 25.0 Å². The highest BCUT2D eigenvalue weighted by atomic mass is 19.1. The molecule has 1 aliphatic heterocycles. The van der Waals surface area contributed by atoms with Crippen LogP contribution in [0.25, 0.3) is 0 Å². The lowest BCUT2D eigenvalue weighted by molar-refractivity contribution is -0.140. The number of rotatable bonds is 5. The number of carbonyl (C=O) groups excluding carboxylic acids is 2. The van der Waals surface area contributed by atoms with Gasteiger partial charge in [-0.3, -0.25) is 14.5 Å². The summed E-state index contributed by atoms with van der Waals surface area (Å²) >= 11 is 0. The van der Waals surface area contributed by atoms with Gasteiger partial charge in [0, 0.05) is 55.3 Å². The zero-order chi connectivity index (χ0) is 22.4. The molecule has 1 heterocycles. The largest absolute Gasteiger partial charge is 0.337 e. The van der Waals surface area contributed by atoms with E-state index in [0.29, 0.717) is 36.4 Å². The molecule has 6 heteroatoms. The number of benzene rings is 1. The normalized spacial score (nSPS) is 30.4. The number of nitrogens with one attached hydrogen (secondary N) is 1. The fraction of sp³-hybridized carbons (Fsp3) is 0.692. The van der Waals surface area contributed by atoms with Crippen LogP contribution in [0.3, 0.4) is 0 Å². The Morgan fingerprint density at radius 2 is 1.78 bits per heavy atom. The summed E-state index contributed by atoms with van der Waals surface area (Å²) < 4.78 is 14.8. The summed E-state index contributed by atoms with van der Waals surface area (Å²) in [6.07, 6.45) is 7.97. The van der Waals surface area contributed by atoms with Crippen LogP contribution in [0.2, 0.25) is 0 Å². The summed E-state index contributed by atoms with van der Waals surface area (Å²) in [5.41, 5.74) is 2.21. The maximum Gasteiger partial charge on any atom is 0.228 e. The van der Waals surface area contributed by atoms with Gasteiger partial charge in [0.2, 0.25) is 11.8 Å². The molecule has 1 N–H and O–H groups in total. The van der Waals surface area contributed by atoms with Crippen molar-refractivity contribution in [3.8, 4) is 0 Å². The molecule has 5 rings (SSSR count). The van der Waals surface area contributed by atoms with Gasteiger partial charge in [0.25, 0.3) is 0 Å². The molecule has 1 saturated heterocycles. The summed E-state index contributed by atoms with van der Waals surface area (Å²) in [6.45, 7) is 6.73. The number of anilines is 1. The van der Waals surface area contributed by atoms with E-state index in [9.17, 15) is 14.0 Å². The van der Waals surface area contributed by atoms with Crippen LogP contribution in [0.15, 0.2) is 12.1 Å². The summed E-state index contributed by atoms with van der Waals surface area (Å²) in [6, 6.07) is 3.32. The quantitative estimate of drug-likeness (QED) is 0.740. The maximum absolute atomic E-state index is 14.8. The predicted molar refractivity (Wildman–Crippen MR) is 122 cm³/mol. The van der Waals surface area contributed by atoms with E-state index in [-0.39, 0.29) is 29.6 Å². The van der Waals surface area contributed by atoms with Gasteiger partial charge in [0.05, 0.1) is 0 Å². The second-order valence-corrected chi connectivity index (χ2v) is 10.6. The van der Waals surface area contributed by atoms with E-state index >= 15 is 0 Å². The highest BCUT2D eigenvalue weighted by Gasteiger charge is 2.56. The number of carbonyl (C=O) groups is 2. The monoisotopic (exact) mass is 441 g/mol. The van der Waals surface area contributed by atoms with Crippen LogP contribution >= 0.6 is 0 Å². The first kappa shape index (κ1) is 21.9. The van der Waals surface area contributed by atoms with Crippen LogP contribution in [0, 0.1) is 36.4 Å². The second-order valence-electron chi connectivity index (χ2n) is 10.6. The van der Waals surface area contributed by atoms with Crippen LogP contribution in [-0.4, -0.2) is 47.3 Å². The smallest absolute Gasteiger partial charge is 0.228 e. The van der Waals surface area contributed by atoms with Gasteiger partial charge in [0.15, 0.2) is 0 Å². The summed E-state index contributed by atoms with van der Waals surface area (Å²) in [5, 5.41) is 3.09. The first-order valence-corrected chi connectivity index (χ1v) is 12.6. The Labute approximate surface area is 190 Å². The van der Waals surface area contributed by atoms with Gasteiger partial charge in [-0.1, -0.05) is 19.3 Å². The Balaban J connectivity index is 1.22. The molecule has 4 aliphatic rings. The zero-order valence-electron chi connectivity index (χ0n) is 19.4. The number of piperazine rings is 1. The summed E-state index contributed by atoms with van der Waals surface area (Å²) in [4.78, 5) is 29.9. The third-order valence-corrected chi connectivity index (χ3v) is 8.59. The Hall–Kier alpha value is -1.95. The van der Waals surface area contributed by atoms with E-state index in [1.807, 2.05) is 11.8 Å². The molecule has 0 aromatic heterocycles. The molecule has 0 radical (unpaired) electrons. The number of amides is 2. The maximum atomic E-state index is 14.8. The fourth-order valence-corrected chi connectivity index (χ4v) is 6.61. The minimum Gasteiger partial charge on any atom is -0.337 e. The molecule has 32 heavy (non-hydrogen) atoms. The van der Waals surface area contributed by atoms with Crippen molar-refractivity contribution in [2.45, 2.75) is 71.4 Å². The lowest BCUT2D eigenvalue weighted by Gasteiger charge is -2.41. The summed E-state index contributed by atoms with van der Waals surface area (Å²) in [7, 11) is 0. The van der Waals surface area contributed by atoms with Crippen molar-refractivity contribution in [2.24, 2.45) is 23.7 Å². The molecule has 2 amide bonds. The zero-order valence-corrected chi connectivity index (χ0v) is 19.4. The predicted octanol–water partition coefficient (Wildman–Crippen LogP) is 4.34. The van der Waals surface area contributed by atoms with Crippen LogP contribution < -0.4 is 5.32 Å². The number of fused-ring (bicyclic) bond motifs is 1. The molecule has 5 nitrogen and oxygen atoms in total. The highest BCUT2D eigenvalue weighted by molar-refractivity contribution is 5.95. The molecular weight excluding hydrogens is 405 g/mol. The second kappa shape index (κ2) is 8.77. The first-order chi connectivity index (χ1) is 15.4. The Morgan fingerprint density at radius 3 is 2.47 bits per heavy atom. The van der Waals surface area contributed by atoms with Crippen molar-refractivity contribution in [3.05, 3.63) is 29.1 Å². The molecule has 0 bridgehead atoms. The molecule has 0 spiro atoms. The number of halogens is 1. The van der Waals surface area contributed by atoms with Gasteiger partial charge in [0.1, 0.15) is 5.82 Å². The molecule has 174 valence electrons. The van der Waals surface area contributed by atoms with Gasteiger partial charge >= 0.3 is 0 Å². The average molecular weight is 442 g/mol. The number of hydrogen-bond donors (Lipinski definition) is 1. The summed E-state index contributed by atoms with van der Waals surface area (Å²) in [5.74, 6) is 1.69. The third-order valence-electron chi connectivity index (χ3n) is 8.59. The van der Waals surface area contributed by atoms with Gasteiger partial charge in [-0.15, -0.1) is 0 Å². The van der Waals surface area contributed by atoms with Crippen molar-refractivity contribution in [1.29, 1.82) is 0 Å². The van der Waals surface area contributed by atoms with Gasteiger partial charge in [-0.2, -0.15) is 0 Å². The van der Waals surface area contributed by atoms with Crippen LogP contribution in [-0.2, 0) is 16.1 Å². The van der Waals surface area contributed by atoms with E-state index < -0.39 is 0 Å². The van der Waals surface area contributed by atoms with E-state index in [1.165, 1.54) is 25.3 Å². The topological polar surface area (TPSA) is 52.7 Å². The van der Waals surface area contributed by atoms with Gasteiger partial charge < -0.3 is 10.2 Å². The fourth-order valence-electron chi connectivity index (χ4n) is 6.61. The van der Waals surface area contributed by atoms with Gasteiger partial charge in [-0.25, -0.2) is 4.39 Å². The Bertz CT molecular complexity index is 887. The molecule has 3 atom stereocenters. The Morgan fingerprint density at radius 1 is 1.06 bits per heavy atom. The standard InChI is InChI=1S/C26H36FN3O2/c1-16-14-29(12-13-30(16)26(32)18-6-3-4-7-18)15-21-17(2)23(11-10-22(21)27)28-25(31)24-19-8-5-9-20(19)24/h10-11,16,18-20,24H,3-9,12-15H2,1-2H3,(H,28,31)/t16-,19?,20?,24?/m0/s1. The molecule has 2 unspecified atom stereocenters. The lowest BCUT2D eigenvalue weighted by Crippen LogP contribution is -2.54. The van der Waals surface area contributed by atoms with Crippen molar-refractivity contribution in [1.82, 2.24) is 9.80 Å². The highest BCUT2D eigenvalue weighted by Crippen LogP contribution is 2.57.